The molecule has 2 rings (SSSR count). The molecule has 1 unspecified atom stereocenters. The summed E-state index contributed by atoms with van der Waals surface area (Å²) in [4.78, 5) is 26.7. The van der Waals surface area contributed by atoms with Crippen molar-refractivity contribution in [1.82, 2.24) is 9.80 Å². The second kappa shape index (κ2) is 4.94. The molecule has 1 N–H and O–H groups in total. The van der Waals surface area contributed by atoms with Crippen molar-refractivity contribution in [2.75, 3.05) is 26.2 Å². The summed E-state index contributed by atoms with van der Waals surface area (Å²) >= 11 is 0. The van der Waals surface area contributed by atoms with Crippen LogP contribution in [0.5, 0.6) is 0 Å². The first-order valence-electron chi connectivity index (χ1n) is 6.34. The monoisotopic (exact) mass is 240 g/mol. The van der Waals surface area contributed by atoms with Crippen molar-refractivity contribution < 1.29 is 14.7 Å². The number of piperidine rings is 1. The second-order valence-corrected chi connectivity index (χ2v) is 5.25. The van der Waals surface area contributed by atoms with Gasteiger partial charge in [0.2, 0.25) is 0 Å². The highest BCUT2D eigenvalue weighted by atomic mass is 16.4. The van der Waals surface area contributed by atoms with E-state index in [2.05, 4.69) is 6.92 Å². The summed E-state index contributed by atoms with van der Waals surface area (Å²) in [5.41, 5.74) is 0. The third-order valence-corrected chi connectivity index (χ3v) is 3.74. The van der Waals surface area contributed by atoms with Crippen LogP contribution in [0.25, 0.3) is 0 Å². The fraction of sp³-hybridized carbons (Fsp3) is 0.833. The van der Waals surface area contributed by atoms with Gasteiger partial charge in [-0.15, -0.1) is 0 Å². The smallest absolute Gasteiger partial charge is 0.320 e. The number of rotatable bonds is 1. The summed E-state index contributed by atoms with van der Waals surface area (Å²) in [6.07, 6.45) is 2.55. The number of nitrogens with zero attached hydrogens (tertiary/aromatic N) is 2. The third kappa shape index (κ3) is 2.70. The highest BCUT2D eigenvalue weighted by Gasteiger charge is 2.32. The molecule has 2 fully saturated rings. The number of hydrogen-bond acceptors (Lipinski definition) is 2. The van der Waals surface area contributed by atoms with Crippen LogP contribution in [0.3, 0.4) is 0 Å². The van der Waals surface area contributed by atoms with Crippen LogP contribution in [0.4, 0.5) is 4.79 Å². The molecule has 0 aliphatic carbocycles. The maximum Gasteiger partial charge on any atom is 0.320 e. The molecule has 0 aromatic carbocycles. The third-order valence-electron chi connectivity index (χ3n) is 3.74. The Morgan fingerprint density at radius 3 is 2.41 bits per heavy atom. The molecule has 0 radical (unpaired) electrons. The van der Waals surface area contributed by atoms with Gasteiger partial charge in [0.1, 0.15) is 0 Å². The Hall–Kier alpha value is -1.26. The zero-order valence-corrected chi connectivity index (χ0v) is 10.3. The largest absolute Gasteiger partial charge is 0.481 e. The first-order valence-corrected chi connectivity index (χ1v) is 6.34. The minimum atomic E-state index is -0.780. The summed E-state index contributed by atoms with van der Waals surface area (Å²) in [5.74, 6) is -0.593. The molecule has 0 bridgehead atoms. The van der Waals surface area contributed by atoms with E-state index < -0.39 is 5.97 Å². The van der Waals surface area contributed by atoms with Crippen molar-refractivity contribution in [2.45, 2.75) is 26.2 Å². The van der Waals surface area contributed by atoms with Crippen LogP contribution in [0.2, 0.25) is 0 Å². The summed E-state index contributed by atoms with van der Waals surface area (Å²) < 4.78 is 0. The van der Waals surface area contributed by atoms with Gasteiger partial charge in [-0.25, -0.2) is 4.79 Å². The zero-order chi connectivity index (χ0) is 12.4. The van der Waals surface area contributed by atoms with Gasteiger partial charge in [-0.1, -0.05) is 6.92 Å². The van der Waals surface area contributed by atoms with E-state index in [0.29, 0.717) is 25.4 Å². The highest BCUT2D eigenvalue weighted by molar-refractivity contribution is 5.77. The van der Waals surface area contributed by atoms with Gasteiger partial charge in [-0.2, -0.15) is 0 Å². The lowest BCUT2D eigenvalue weighted by atomic mass is 9.99. The molecule has 5 nitrogen and oxygen atoms in total. The van der Waals surface area contributed by atoms with Gasteiger partial charge in [0, 0.05) is 26.2 Å². The van der Waals surface area contributed by atoms with Crippen molar-refractivity contribution >= 4 is 12.0 Å². The number of likely N-dealkylation sites (tertiary alicyclic amines) is 2. The Morgan fingerprint density at radius 2 is 1.82 bits per heavy atom. The lowest BCUT2D eigenvalue weighted by Crippen LogP contribution is -2.48. The van der Waals surface area contributed by atoms with Crippen LogP contribution in [0, 0.1) is 11.8 Å². The predicted molar refractivity (Wildman–Crippen MR) is 62.7 cm³/mol. The number of hydrogen-bond donors (Lipinski definition) is 1. The van der Waals surface area contributed by atoms with Crippen molar-refractivity contribution in [3.05, 3.63) is 0 Å². The summed E-state index contributed by atoms with van der Waals surface area (Å²) in [5, 5.41) is 8.99. The molecule has 2 aliphatic rings. The first-order chi connectivity index (χ1) is 8.08. The lowest BCUT2D eigenvalue weighted by molar-refractivity contribution is -0.143. The van der Waals surface area contributed by atoms with E-state index in [1.165, 1.54) is 0 Å². The maximum atomic E-state index is 12.2. The lowest BCUT2D eigenvalue weighted by Gasteiger charge is -2.33. The molecule has 0 aromatic rings. The second-order valence-electron chi connectivity index (χ2n) is 5.25. The van der Waals surface area contributed by atoms with Crippen LogP contribution >= 0.6 is 0 Å². The molecule has 0 saturated carbocycles. The van der Waals surface area contributed by atoms with Gasteiger partial charge < -0.3 is 14.9 Å². The molecule has 2 saturated heterocycles. The quantitative estimate of drug-likeness (QED) is 0.750. The fourth-order valence-corrected chi connectivity index (χ4v) is 2.66. The van der Waals surface area contributed by atoms with E-state index in [-0.39, 0.29) is 11.9 Å². The van der Waals surface area contributed by atoms with Gasteiger partial charge in [-0.05, 0) is 25.2 Å². The molecule has 2 aliphatic heterocycles. The minimum absolute atomic E-state index is 0.0281. The van der Waals surface area contributed by atoms with Crippen LogP contribution in [-0.2, 0) is 4.79 Å². The first kappa shape index (κ1) is 12.2. The Kier molecular flexibility index (Phi) is 3.54. The molecule has 5 heteroatoms. The number of carboxylic acid groups (broad SMARTS) is 1. The molecule has 17 heavy (non-hydrogen) atoms. The van der Waals surface area contributed by atoms with Crippen LogP contribution < -0.4 is 0 Å². The van der Waals surface area contributed by atoms with Gasteiger partial charge >= 0.3 is 12.0 Å². The number of carbonyl (C=O) groups is 2. The van der Waals surface area contributed by atoms with Gasteiger partial charge in [0.25, 0.3) is 0 Å². The van der Waals surface area contributed by atoms with Crippen molar-refractivity contribution in [3.63, 3.8) is 0 Å². The Balaban J connectivity index is 1.93. The normalized spacial score (nSPS) is 29.5. The molecule has 2 atom stereocenters. The van der Waals surface area contributed by atoms with Crippen molar-refractivity contribution in [1.29, 1.82) is 0 Å². The summed E-state index contributed by atoms with van der Waals surface area (Å²) in [6, 6.07) is 0.0281. The van der Waals surface area contributed by atoms with Crippen LogP contribution in [-0.4, -0.2) is 53.1 Å². The summed E-state index contributed by atoms with van der Waals surface area (Å²) in [6.45, 7) is 4.84. The molecule has 0 spiro atoms. The number of urea groups is 1. The van der Waals surface area contributed by atoms with Crippen molar-refractivity contribution in [2.24, 2.45) is 11.8 Å². The number of aliphatic carboxylic acids is 1. The highest BCUT2D eigenvalue weighted by Crippen LogP contribution is 2.21. The Bertz CT molecular complexity index is 319. The number of amides is 2. The van der Waals surface area contributed by atoms with E-state index in [9.17, 15) is 9.59 Å². The maximum absolute atomic E-state index is 12.2. The van der Waals surface area contributed by atoms with E-state index in [1.54, 1.807) is 4.90 Å². The van der Waals surface area contributed by atoms with Crippen LogP contribution in [0.1, 0.15) is 26.2 Å². The predicted octanol–water partition coefficient (Wildman–Crippen LogP) is 1.24. The Labute approximate surface area is 101 Å². The SMILES string of the molecule is CC1CCN(C(=O)N2CCC[C@H](C(=O)O)C2)C1. The van der Waals surface area contributed by atoms with E-state index >= 15 is 0 Å². The Morgan fingerprint density at radius 1 is 1.12 bits per heavy atom. The average Bonchev–Trinajstić information content (AvgIpc) is 2.75. The van der Waals surface area contributed by atoms with E-state index in [0.717, 1.165) is 25.9 Å². The molecule has 2 amide bonds. The molecular weight excluding hydrogens is 220 g/mol. The van der Waals surface area contributed by atoms with Gasteiger partial charge in [0.05, 0.1) is 5.92 Å². The van der Waals surface area contributed by atoms with E-state index in [1.807, 2.05) is 4.90 Å². The molecule has 2 heterocycles. The van der Waals surface area contributed by atoms with Crippen molar-refractivity contribution in [3.8, 4) is 0 Å². The van der Waals surface area contributed by atoms with Gasteiger partial charge in [0.15, 0.2) is 0 Å². The fourth-order valence-electron chi connectivity index (χ4n) is 2.66. The topological polar surface area (TPSA) is 60.9 Å². The summed E-state index contributed by atoms with van der Waals surface area (Å²) in [7, 11) is 0. The van der Waals surface area contributed by atoms with Gasteiger partial charge in [-0.3, -0.25) is 4.79 Å². The standard InChI is InChI=1S/C12H20N2O3/c1-9-4-6-14(7-9)12(17)13-5-2-3-10(8-13)11(15)16/h9-10H,2-8H2,1H3,(H,15,16)/t9?,10-/m0/s1. The van der Waals surface area contributed by atoms with E-state index in [4.69, 9.17) is 5.11 Å². The molecule has 0 aromatic heterocycles. The zero-order valence-electron chi connectivity index (χ0n) is 10.3. The number of carbonyl (C=O) groups excluding carboxylic acids is 1. The molecule has 96 valence electrons. The molecular formula is C12H20N2O3. The van der Waals surface area contributed by atoms with Crippen LogP contribution in [0.15, 0.2) is 0 Å². The number of carboxylic acids is 1. The minimum Gasteiger partial charge on any atom is -0.481 e. The average molecular weight is 240 g/mol.